The van der Waals surface area contributed by atoms with E-state index in [1.54, 1.807) is 18.9 Å². The van der Waals surface area contributed by atoms with Crippen molar-refractivity contribution in [3.8, 4) is 0 Å². The number of aryl methyl sites for hydroxylation is 1. The first-order valence-corrected chi connectivity index (χ1v) is 6.51. The van der Waals surface area contributed by atoms with Crippen molar-refractivity contribution in [2.45, 2.75) is 38.6 Å². The fourth-order valence-electron chi connectivity index (χ4n) is 2.43. The number of aromatic nitrogens is 2. The molecule has 3 rings (SSSR count). The van der Waals surface area contributed by atoms with Crippen LogP contribution in [-0.4, -0.2) is 9.97 Å². The highest BCUT2D eigenvalue weighted by molar-refractivity contribution is 5.46. The van der Waals surface area contributed by atoms with Crippen molar-refractivity contribution in [1.29, 1.82) is 0 Å². The van der Waals surface area contributed by atoms with Gasteiger partial charge in [0.15, 0.2) is 0 Å². The van der Waals surface area contributed by atoms with Crippen LogP contribution in [0.4, 0.5) is 5.82 Å². The molecule has 4 nitrogen and oxygen atoms in total. The molecule has 0 aliphatic heterocycles. The van der Waals surface area contributed by atoms with Crippen molar-refractivity contribution in [2.75, 3.05) is 5.32 Å². The highest BCUT2D eigenvalue weighted by Crippen LogP contribution is 2.24. The molecule has 0 amide bonds. The zero-order chi connectivity index (χ0) is 12.2. The van der Waals surface area contributed by atoms with Crippen molar-refractivity contribution >= 4 is 5.82 Å². The Morgan fingerprint density at radius 1 is 1.17 bits per heavy atom. The van der Waals surface area contributed by atoms with Crippen molar-refractivity contribution in [3.05, 3.63) is 41.7 Å². The van der Waals surface area contributed by atoms with E-state index in [0.29, 0.717) is 0 Å². The Morgan fingerprint density at radius 3 is 3.00 bits per heavy atom. The SMILES string of the molecule is c1nc2c(c(NCc3ccoc3)n1)CCCCC2. The number of hydrogen-bond donors (Lipinski definition) is 1. The van der Waals surface area contributed by atoms with Gasteiger partial charge < -0.3 is 9.73 Å². The second kappa shape index (κ2) is 5.21. The van der Waals surface area contributed by atoms with Crippen LogP contribution in [0, 0.1) is 0 Å². The van der Waals surface area contributed by atoms with Crippen LogP contribution in [0.15, 0.2) is 29.3 Å². The molecule has 0 aromatic carbocycles. The minimum Gasteiger partial charge on any atom is -0.472 e. The normalized spacial score (nSPS) is 14.9. The van der Waals surface area contributed by atoms with Crippen LogP contribution in [0.3, 0.4) is 0 Å². The summed E-state index contributed by atoms with van der Waals surface area (Å²) in [6.07, 6.45) is 11.1. The summed E-state index contributed by atoms with van der Waals surface area (Å²) in [6, 6.07) is 1.97. The van der Waals surface area contributed by atoms with Crippen LogP contribution >= 0.6 is 0 Å². The highest BCUT2D eigenvalue weighted by atomic mass is 16.3. The number of fused-ring (bicyclic) bond motifs is 1. The Hall–Kier alpha value is -1.84. The van der Waals surface area contributed by atoms with E-state index in [0.717, 1.165) is 30.8 Å². The molecule has 4 heteroatoms. The molecule has 2 aromatic heterocycles. The lowest BCUT2D eigenvalue weighted by Crippen LogP contribution is -2.07. The van der Waals surface area contributed by atoms with Gasteiger partial charge in [0, 0.05) is 23.4 Å². The smallest absolute Gasteiger partial charge is 0.133 e. The van der Waals surface area contributed by atoms with Gasteiger partial charge in [0.1, 0.15) is 12.1 Å². The van der Waals surface area contributed by atoms with Gasteiger partial charge in [-0.1, -0.05) is 6.42 Å². The summed E-state index contributed by atoms with van der Waals surface area (Å²) in [5.74, 6) is 0.989. The number of hydrogen-bond acceptors (Lipinski definition) is 4. The number of nitrogens with one attached hydrogen (secondary N) is 1. The summed E-state index contributed by atoms with van der Waals surface area (Å²) in [5, 5.41) is 3.39. The molecular weight excluding hydrogens is 226 g/mol. The van der Waals surface area contributed by atoms with Gasteiger partial charge in [-0.3, -0.25) is 0 Å². The van der Waals surface area contributed by atoms with Crippen molar-refractivity contribution in [3.63, 3.8) is 0 Å². The number of anilines is 1. The first-order valence-electron chi connectivity index (χ1n) is 6.51. The molecule has 0 unspecified atom stereocenters. The molecule has 0 bridgehead atoms. The average molecular weight is 243 g/mol. The Labute approximate surface area is 106 Å². The van der Waals surface area contributed by atoms with Crippen LogP contribution in [0.5, 0.6) is 0 Å². The summed E-state index contributed by atoms with van der Waals surface area (Å²) in [5.41, 5.74) is 3.66. The maximum Gasteiger partial charge on any atom is 0.133 e. The lowest BCUT2D eigenvalue weighted by atomic mass is 10.1. The van der Waals surface area contributed by atoms with E-state index >= 15 is 0 Å². The molecule has 0 fully saturated rings. The van der Waals surface area contributed by atoms with Crippen LogP contribution in [0.1, 0.15) is 36.1 Å². The fourth-order valence-corrected chi connectivity index (χ4v) is 2.43. The number of nitrogens with zero attached hydrogens (tertiary/aromatic N) is 2. The highest BCUT2D eigenvalue weighted by Gasteiger charge is 2.13. The largest absolute Gasteiger partial charge is 0.472 e. The van der Waals surface area contributed by atoms with E-state index in [4.69, 9.17) is 4.42 Å². The molecular formula is C14H17N3O. The van der Waals surface area contributed by atoms with Crippen LogP contribution in [-0.2, 0) is 19.4 Å². The topological polar surface area (TPSA) is 51.0 Å². The minimum atomic E-state index is 0.750. The molecule has 0 atom stereocenters. The monoisotopic (exact) mass is 243 g/mol. The van der Waals surface area contributed by atoms with Gasteiger partial charge in [0.25, 0.3) is 0 Å². The van der Waals surface area contributed by atoms with Gasteiger partial charge in [0.2, 0.25) is 0 Å². The van der Waals surface area contributed by atoms with Gasteiger partial charge in [0.05, 0.1) is 12.5 Å². The number of furan rings is 1. The van der Waals surface area contributed by atoms with Gasteiger partial charge >= 0.3 is 0 Å². The van der Waals surface area contributed by atoms with Crippen molar-refractivity contribution < 1.29 is 4.42 Å². The number of rotatable bonds is 3. The molecule has 1 N–H and O–H groups in total. The molecule has 0 radical (unpaired) electrons. The Bertz CT molecular complexity index is 508. The zero-order valence-electron chi connectivity index (χ0n) is 10.4. The van der Waals surface area contributed by atoms with E-state index in [2.05, 4.69) is 15.3 Å². The van der Waals surface area contributed by atoms with Crippen molar-refractivity contribution in [1.82, 2.24) is 9.97 Å². The summed E-state index contributed by atoms with van der Waals surface area (Å²) in [4.78, 5) is 8.80. The van der Waals surface area contributed by atoms with Gasteiger partial charge in [-0.15, -0.1) is 0 Å². The Kier molecular flexibility index (Phi) is 3.26. The maximum absolute atomic E-state index is 5.06. The third kappa shape index (κ3) is 2.37. The van der Waals surface area contributed by atoms with E-state index in [1.165, 1.54) is 30.5 Å². The van der Waals surface area contributed by atoms with Crippen LogP contribution in [0.2, 0.25) is 0 Å². The molecule has 0 spiro atoms. The second-order valence-electron chi connectivity index (χ2n) is 4.69. The third-order valence-electron chi connectivity index (χ3n) is 3.42. The summed E-state index contributed by atoms with van der Waals surface area (Å²) in [7, 11) is 0. The summed E-state index contributed by atoms with van der Waals surface area (Å²) >= 11 is 0. The molecule has 18 heavy (non-hydrogen) atoms. The molecule has 0 saturated heterocycles. The standard InChI is InChI=1S/C14H17N3O/c1-2-4-12-13(5-3-1)16-10-17-14(12)15-8-11-6-7-18-9-11/h6-7,9-10H,1-5,8H2,(H,15,16,17). The van der Waals surface area contributed by atoms with Crippen LogP contribution in [0.25, 0.3) is 0 Å². The summed E-state index contributed by atoms with van der Waals surface area (Å²) in [6.45, 7) is 0.750. The molecule has 1 aliphatic rings. The molecule has 94 valence electrons. The average Bonchev–Trinajstić information content (AvgIpc) is 2.79. The van der Waals surface area contributed by atoms with E-state index in [-0.39, 0.29) is 0 Å². The molecule has 0 saturated carbocycles. The fraction of sp³-hybridized carbons (Fsp3) is 0.429. The van der Waals surface area contributed by atoms with Gasteiger partial charge in [-0.2, -0.15) is 0 Å². The minimum absolute atomic E-state index is 0.750. The Morgan fingerprint density at radius 2 is 2.11 bits per heavy atom. The molecule has 2 heterocycles. The zero-order valence-corrected chi connectivity index (χ0v) is 10.4. The second-order valence-corrected chi connectivity index (χ2v) is 4.69. The van der Waals surface area contributed by atoms with E-state index in [1.807, 2.05) is 6.07 Å². The third-order valence-corrected chi connectivity index (χ3v) is 3.42. The van der Waals surface area contributed by atoms with Crippen LogP contribution < -0.4 is 5.32 Å². The first-order chi connectivity index (χ1) is 8.93. The molecule has 1 aliphatic carbocycles. The van der Waals surface area contributed by atoms with Crippen molar-refractivity contribution in [2.24, 2.45) is 0 Å². The van der Waals surface area contributed by atoms with E-state index in [9.17, 15) is 0 Å². The lowest BCUT2D eigenvalue weighted by molar-refractivity contribution is 0.564. The quantitative estimate of drug-likeness (QED) is 0.842. The lowest BCUT2D eigenvalue weighted by Gasteiger charge is -2.11. The Balaban J connectivity index is 1.79. The first kappa shape index (κ1) is 11.3. The van der Waals surface area contributed by atoms with Gasteiger partial charge in [-0.25, -0.2) is 9.97 Å². The molecule has 2 aromatic rings. The predicted octanol–water partition coefficient (Wildman–Crippen LogP) is 2.95. The van der Waals surface area contributed by atoms with E-state index < -0.39 is 0 Å². The predicted molar refractivity (Wildman–Crippen MR) is 69.3 cm³/mol. The summed E-state index contributed by atoms with van der Waals surface area (Å²) < 4.78 is 5.06. The maximum atomic E-state index is 5.06. The van der Waals surface area contributed by atoms with Gasteiger partial charge in [-0.05, 0) is 31.7 Å².